The van der Waals surface area contributed by atoms with E-state index in [2.05, 4.69) is 0 Å². The second-order valence-electron chi connectivity index (χ2n) is 3.08. The Kier molecular flexibility index (Phi) is 3.63. The minimum Gasteiger partial charge on any atom is -0.508 e. The number of nitrogens with zero attached hydrogens (tertiary/aromatic N) is 1. The van der Waals surface area contributed by atoms with Crippen LogP contribution in [0.4, 0.5) is 13.2 Å². The van der Waals surface area contributed by atoms with Crippen LogP contribution in [0.25, 0.3) is 0 Å². The van der Waals surface area contributed by atoms with Crippen LogP contribution in [0.5, 0.6) is 5.75 Å². The fourth-order valence-corrected chi connectivity index (χ4v) is 1.44. The van der Waals surface area contributed by atoms with E-state index < -0.39 is 40.3 Å². The number of rotatable bonds is 2. The average molecular weight is 264 g/mol. The fourth-order valence-electron chi connectivity index (χ4n) is 1.31. The third kappa shape index (κ3) is 2.68. The van der Waals surface area contributed by atoms with Crippen LogP contribution in [-0.2, 0) is 6.18 Å². The molecule has 1 aromatic rings. The molecule has 0 saturated heterocycles. The van der Waals surface area contributed by atoms with E-state index in [1.165, 1.54) is 6.07 Å². The van der Waals surface area contributed by atoms with Gasteiger partial charge >= 0.3 is 6.18 Å². The molecule has 0 spiro atoms. The lowest BCUT2D eigenvalue weighted by Gasteiger charge is -2.13. The normalized spacial score (nSPS) is 11.0. The van der Waals surface area contributed by atoms with Gasteiger partial charge in [0, 0.05) is 5.56 Å². The zero-order valence-electron chi connectivity index (χ0n) is 8.18. The van der Waals surface area contributed by atoms with Crippen molar-refractivity contribution in [2.75, 3.05) is 5.88 Å². The Balaban J connectivity index is 3.63. The molecule has 0 amide bonds. The molecule has 7 heteroatoms. The number of Topliss-reactive ketones (excluding diaryl/α,β-unsaturated/α-hetero) is 1. The van der Waals surface area contributed by atoms with Crippen molar-refractivity contribution in [1.29, 1.82) is 5.26 Å². The van der Waals surface area contributed by atoms with Gasteiger partial charge in [0.1, 0.15) is 11.8 Å². The number of hydrogen-bond acceptors (Lipinski definition) is 3. The minimum atomic E-state index is -4.85. The van der Waals surface area contributed by atoms with Crippen LogP contribution < -0.4 is 0 Å². The molecular formula is C10H5ClF3NO2. The summed E-state index contributed by atoms with van der Waals surface area (Å²) in [6.45, 7) is 0. The highest BCUT2D eigenvalue weighted by atomic mass is 35.5. The van der Waals surface area contributed by atoms with Gasteiger partial charge < -0.3 is 5.11 Å². The lowest BCUT2D eigenvalue weighted by atomic mass is 9.97. The molecule has 1 rings (SSSR count). The third-order valence-electron chi connectivity index (χ3n) is 1.95. The Morgan fingerprint density at radius 2 is 2.06 bits per heavy atom. The molecule has 0 aliphatic rings. The van der Waals surface area contributed by atoms with Crippen molar-refractivity contribution in [3.63, 3.8) is 0 Å². The van der Waals surface area contributed by atoms with Crippen LogP contribution in [0, 0.1) is 11.3 Å². The summed E-state index contributed by atoms with van der Waals surface area (Å²) in [4.78, 5) is 11.3. The van der Waals surface area contributed by atoms with Crippen molar-refractivity contribution in [1.82, 2.24) is 0 Å². The molecule has 0 fully saturated rings. The van der Waals surface area contributed by atoms with Crippen molar-refractivity contribution in [3.8, 4) is 11.8 Å². The van der Waals surface area contributed by atoms with Crippen molar-refractivity contribution in [2.24, 2.45) is 0 Å². The van der Waals surface area contributed by atoms with Crippen molar-refractivity contribution >= 4 is 17.4 Å². The number of nitriles is 1. The summed E-state index contributed by atoms with van der Waals surface area (Å²) in [6.07, 6.45) is -4.85. The molecule has 3 nitrogen and oxygen atoms in total. The van der Waals surface area contributed by atoms with Gasteiger partial charge in [0.25, 0.3) is 0 Å². The monoisotopic (exact) mass is 263 g/mol. The smallest absolute Gasteiger partial charge is 0.417 e. The lowest BCUT2D eigenvalue weighted by molar-refractivity contribution is -0.138. The molecule has 0 atom stereocenters. The van der Waals surface area contributed by atoms with Gasteiger partial charge in [-0.15, -0.1) is 11.6 Å². The first-order valence-corrected chi connectivity index (χ1v) is 4.78. The summed E-state index contributed by atoms with van der Waals surface area (Å²) in [5.74, 6) is -2.43. The maximum atomic E-state index is 12.6. The number of phenols is 1. The number of carbonyl (C=O) groups excluding carboxylic acids is 1. The van der Waals surface area contributed by atoms with E-state index in [0.29, 0.717) is 6.07 Å². The van der Waals surface area contributed by atoms with E-state index in [4.69, 9.17) is 22.0 Å². The van der Waals surface area contributed by atoms with Crippen LogP contribution >= 0.6 is 11.6 Å². The quantitative estimate of drug-likeness (QED) is 0.659. The number of alkyl halides is 4. The van der Waals surface area contributed by atoms with E-state index in [-0.39, 0.29) is 0 Å². The number of aromatic hydroxyl groups is 1. The largest absolute Gasteiger partial charge is 0.508 e. The van der Waals surface area contributed by atoms with Crippen LogP contribution in [0.2, 0.25) is 0 Å². The number of carbonyl (C=O) groups is 1. The third-order valence-corrected chi connectivity index (χ3v) is 2.19. The maximum Gasteiger partial charge on any atom is 0.417 e. The van der Waals surface area contributed by atoms with Crippen molar-refractivity contribution < 1.29 is 23.1 Å². The first-order valence-electron chi connectivity index (χ1n) is 4.24. The Morgan fingerprint density at radius 1 is 1.47 bits per heavy atom. The highest BCUT2D eigenvalue weighted by molar-refractivity contribution is 6.31. The summed E-state index contributed by atoms with van der Waals surface area (Å²) < 4.78 is 37.9. The van der Waals surface area contributed by atoms with E-state index in [1.807, 2.05) is 0 Å². The van der Waals surface area contributed by atoms with Gasteiger partial charge in [-0.2, -0.15) is 18.4 Å². The zero-order valence-corrected chi connectivity index (χ0v) is 8.93. The molecule has 0 saturated carbocycles. The molecule has 1 N–H and O–H groups in total. The summed E-state index contributed by atoms with van der Waals surface area (Å²) in [5, 5.41) is 17.7. The fraction of sp³-hybridized carbons (Fsp3) is 0.200. The maximum absolute atomic E-state index is 12.6. The standard InChI is InChI=1S/C10H5ClF3NO2/c11-3-8(17)9-5(4-15)1-6(16)2-7(9)10(12,13)14/h1-2,16H,3H2. The Labute approximate surface area is 99.0 Å². The van der Waals surface area contributed by atoms with Crippen molar-refractivity contribution in [3.05, 3.63) is 28.8 Å². The van der Waals surface area contributed by atoms with Gasteiger partial charge in [-0.25, -0.2) is 0 Å². The van der Waals surface area contributed by atoms with Gasteiger partial charge in [0.05, 0.1) is 17.0 Å². The Bertz CT molecular complexity index is 505. The topological polar surface area (TPSA) is 61.1 Å². The number of halogens is 4. The Hall–Kier alpha value is -1.74. The summed E-state index contributed by atoms with van der Waals surface area (Å²) in [6, 6.07) is 2.60. The van der Waals surface area contributed by atoms with Crippen LogP contribution in [-0.4, -0.2) is 16.8 Å². The van der Waals surface area contributed by atoms with Gasteiger partial charge in [-0.05, 0) is 12.1 Å². The van der Waals surface area contributed by atoms with Crippen LogP contribution in [0.1, 0.15) is 21.5 Å². The molecule has 0 unspecified atom stereocenters. The SMILES string of the molecule is N#Cc1cc(O)cc(C(F)(F)F)c1C(=O)CCl. The van der Waals surface area contributed by atoms with Crippen LogP contribution in [0.3, 0.4) is 0 Å². The first kappa shape index (κ1) is 13.3. The second kappa shape index (κ2) is 4.63. The molecule has 0 radical (unpaired) electrons. The van der Waals surface area contributed by atoms with E-state index in [9.17, 15) is 18.0 Å². The van der Waals surface area contributed by atoms with E-state index in [1.54, 1.807) is 0 Å². The number of benzene rings is 1. The van der Waals surface area contributed by atoms with Crippen molar-refractivity contribution in [2.45, 2.75) is 6.18 Å². The predicted molar refractivity (Wildman–Crippen MR) is 52.9 cm³/mol. The number of hydrogen-bond donors (Lipinski definition) is 1. The summed E-state index contributed by atoms with van der Waals surface area (Å²) >= 11 is 5.19. The van der Waals surface area contributed by atoms with Gasteiger partial charge in [-0.1, -0.05) is 0 Å². The van der Waals surface area contributed by atoms with E-state index in [0.717, 1.165) is 6.07 Å². The van der Waals surface area contributed by atoms with Gasteiger partial charge in [-0.3, -0.25) is 4.79 Å². The molecule has 0 bridgehead atoms. The molecule has 0 heterocycles. The average Bonchev–Trinajstić information content (AvgIpc) is 2.25. The number of phenolic OH excluding ortho intramolecular Hbond substituents is 1. The summed E-state index contributed by atoms with van der Waals surface area (Å²) in [5.41, 5.74) is -2.73. The number of ketones is 1. The molecule has 17 heavy (non-hydrogen) atoms. The predicted octanol–water partition coefficient (Wildman–Crippen LogP) is 2.70. The first-order chi connectivity index (χ1) is 7.81. The second-order valence-corrected chi connectivity index (χ2v) is 3.35. The minimum absolute atomic E-state index is 0.390. The molecule has 1 aromatic carbocycles. The Morgan fingerprint density at radius 3 is 2.47 bits per heavy atom. The summed E-state index contributed by atoms with van der Waals surface area (Å²) in [7, 11) is 0. The molecule has 0 aliphatic heterocycles. The molecule has 90 valence electrons. The van der Waals surface area contributed by atoms with Gasteiger partial charge in [0.15, 0.2) is 5.78 Å². The highest BCUT2D eigenvalue weighted by Crippen LogP contribution is 2.36. The molecule has 0 aromatic heterocycles. The molecular weight excluding hydrogens is 259 g/mol. The lowest BCUT2D eigenvalue weighted by Crippen LogP contribution is -2.15. The van der Waals surface area contributed by atoms with E-state index >= 15 is 0 Å². The van der Waals surface area contributed by atoms with Crippen LogP contribution in [0.15, 0.2) is 12.1 Å². The highest BCUT2D eigenvalue weighted by Gasteiger charge is 2.37. The molecule has 0 aliphatic carbocycles. The zero-order chi connectivity index (χ0) is 13.2. The van der Waals surface area contributed by atoms with Gasteiger partial charge in [0.2, 0.25) is 0 Å².